The standard InChI is InChI=1S/C24H20FN3O2/c1-2-23(29)28-11-9-19-12-17(6-8-22(19)28)18-5-7-20(21(25)13-18)24(30)27-15-16-4-3-10-26-14-16/h3-14H,2,15H2,1H3,(H,27,30). The zero-order valence-corrected chi connectivity index (χ0v) is 16.4. The summed E-state index contributed by atoms with van der Waals surface area (Å²) in [4.78, 5) is 28.3. The number of nitrogens with zero attached hydrogens (tertiary/aromatic N) is 2. The molecule has 2 heterocycles. The summed E-state index contributed by atoms with van der Waals surface area (Å²) < 4.78 is 16.3. The number of hydrogen-bond acceptors (Lipinski definition) is 3. The number of carbonyl (C=O) groups is 2. The van der Waals surface area contributed by atoms with E-state index in [1.54, 1.807) is 35.3 Å². The Hall–Kier alpha value is -3.80. The van der Waals surface area contributed by atoms with E-state index in [2.05, 4.69) is 10.3 Å². The summed E-state index contributed by atoms with van der Waals surface area (Å²) >= 11 is 0. The SMILES string of the molecule is CCC(=O)n1ccc2cc(-c3ccc(C(=O)NCc4cccnc4)c(F)c3)ccc21. The first-order chi connectivity index (χ1) is 14.6. The van der Waals surface area contributed by atoms with Crippen molar-refractivity contribution < 1.29 is 14.0 Å². The zero-order chi connectivity index (χ0) is 21.1. The molecule has 2 aromatic heterocycles. The van der Waals surface area contributed by atoms with E-state index in [0.717, 1.165) is 22.0 Å². The minimum atomic E-state index is -0.588. The largest absolute Gasteiger partial charge is 0.348 e. The van der Waals surface area contributed by atoms with Crippen molar-refractivity contribution in [2.45, 2.75) is 19.9 Å². The molecule has 0 unspecified atom stereocenters. The quantitative estimate of drug-likeness (QED) is 0.521. The van der Waals surface area contributed by atoms with Crippen LogP contribution >= 0.6 is 0 Å². The molecule has 0 aliphatic heterocycles. The van der Waals surface area contributed by atoms with Crippen LogP contribution in [0.25, 0.3) is 22.0 Å². The maximum atomic E-state index is 14.7. The summed E-state index contributed by atoms with van der Waals surface area (Å²) in [5, 5.41) is 3.60. The lowest BCUT2D eigenvalue weighted by atomic mass is 10.0. The number of hydrogen-bond donors (Lipinski definition) is 1. The van der Waals surface area contributed by atoms with Gasteiger partial charge in [0.15, 0.2) is 0 Å². The highest BCUT2D eigenvalue weighted by atomic mass is 19.1. The van der Waals surface area contributed by atoms with Gasteiger partial charge in [0.1, 0.15) is 5.82 Å². The molecule has 0 saturated heterocycles. The molecule has 4 aromatic rings. The van der Waals surface area contributed by atoms with Gasteiger partial charge in [-0.15, -0.1) is 0 Å². The van der Waals surface area contributed by atoms with Crippen LogP contribution in [-0.2, 0) is 6.54 Å². The molecule has 0 spiro atoms. The predicted octanol–water partition coefficient (Wildman–Crippen LogP) is 4.82. The fourth-order valence-electron chi connectivity index (χ4n) is 3.37. The highest BCUT2D eigenvalue weighted by molar-refractivity contribution is 5.96. The molecule has 0 bridgehead atoms. The van der Waals surface area contributed by atoms with E-state index in [0.29, 0.717) is 12.0 Å². The molecular weight excluding hydrogens is 381 g/mol. The maximum Gasteiger partial charge on any atom is 0.254 e. The monoisotopic (exact) mass is 401 g/mol. The van der Waals surface area contributed by atoms with Crippen LogP contribution in [0.2, 0.25) is 0 Å². The lowest BCUT2D eigenvalue weighted by Gasteiger charge is -2.09. The zero-order valence-electron chi connectivity index (χ0n) is 16.4. The Morgan fingerprint density at radius 1 is 1.07 bits per heavy atom. The average molecular weight is 401 g/mol. The van der Waals surface area contributed by atoms with E-state index < -0.39 is 11.7 Å². The number of carbonyl (C=O) groups excluding carboxylic acids is 2. The van der Waals surface area contributed by atoms with Crippen LogP contribution in [0.15, 0.2) is 73.2 Å². The van der Waals surface area contributed by atoms with Gasteiger partial charge in [-0.2, -0.15) is 0 Å². The smallest absolute Gasteiger partial charge is 0.254 e. The molecule has 2 aromatic carbocycles. The summed E-state index contributed by atoms with van der Waals surface area (Å²) in [5.74, 6) is -1.05. The minimum Gasteiger partial charge on any atom is -0.348 e. The molecule has 0 radical (unpaired) electrons. The molecule has 1 amide bonds. The first-order valence-electron chi connectivity index (χ1n) is 9.68. The number of fused-ring (bicyclic) bond motifs is 1. The van der Waals surface area contributed by atoms with Crippen LogP contribution in [0.5, 0.6) is 0 Å². The van der Waals surface area contributed by atoms with E-state index in [-0.39, 0.29) is 18.0 Å². The van der Waals surface area contributed by atoms with Crippen LogP contribution in [0.4, 0.5) is 4.39 Å². The number of halogens is 1. The Kier molecular flexibility index (Phi) is 5.39. The number of pyridine rings is 1. The van der Waals surface area contributed by atoms with E-state index in [1.165, 1.54) is 12.1 Å². The van der Waals surface area contributed by atoms with Gasteiger partial charge >= 0.3 is 0 Å². The predicted molar refractivity (Wildman–Crippen MR) is 114 cm³/mol. The van der Waals surface area contributed by atoms with Crippen molar-refractivity contribution in [2.24, 2.45) is 0 Å². The number of rotatable bonds is 5. The molecule has 0 atom stereocenters. The van der Waals surface area contributed by atoms with Gasteiger partial charge in [0.05, 0.1) is 11.1 Å². The van der Waals surface area contributed by atoms with Crippen LogP contribution in [0, 0.1) is 5.82 Å². The van der Waals surface area contributed by atoms with Crippen LogP contribution in [0.3, 0.4) is 0 Å². The summed E-state index contributed by atoms with van der Waals surface area (Å²) in [6.45, 7) is 2.10. The number of nitrogens with one attached hydrogen (secondary N) is 1. The van der Waals surface area contributed by atoms with E-state index in [4.69, 9.17) is 0 Å². The molecule has 1 N–H and O–H groups in total. The fraction of sp³-hybridized carbons (Fsp3) is 0.125. The summed E-state index contributed by atoms with van der Waals surface area (Å²) in [6.07, 6.45) is 5.46. The fourth-order valence-corrected chi connectivity index (χ4v) is 3.37. The van der Waals surface area contributed by atoms with Crippen molar-refractivity contribution in [3.05, 3.63) is 90.1 Å². The average Bonchev–Trinajstić information content (AvgIpc) is 3.21. The van der Waals surface area contributed by atoms with E-state index in [1.807, 2.05) is 37.3 Å². The molecule has 4 rings (SSSR count). The first kappa shape index (κ1) is 19.5. The number of amides is 1. The van der Waals surface area contributed by atoms with Crippen LogP contribution in [0.1, 0.15) is 34.1 Å². The number of aromatic nitrogens is 2. The first-order valence-corrected chi connectivity index (χ1v) is 9.68. The molecule has 0 fully saturated rings. The van der Waals surface area contributed by atoms with Crippen molar-refractivity contribution in [2.75, 3.05) is 0 Å². The molecule has 150 valence electrons. The second-order valence-corrected chi connectivity index (χ2v) is 6.95. The third kappa shape index (κ3) is 3.85. The molecule has 6 heteroatoms. The Morgan fingerprint density at radius 3 is 2.60 bits per heavy atom. The van der Waals surface area contributed by atoms with Crippen LogP contribution < -0.4 is 5.32 Å². The maximum absolute atomic E-state index is 14.7. The number of benzene rings is 2. The van der Waals surface area contributed by atoms with Gasteiger partial charge in [-0.25, -0.2) is 4.39 Å². The second-order valence-electron chi connectivity index (χ2n) is 6.95. The van der Waals surface area contributed by atoms with Gasteiger partial charge in [-0.3, -0.25) is 19.1 Å². The van der Waals surface area contributed by atoms with Gasteiger partial charge in [0.2, 0.25) is 5.91 Å². The van der Waals surface area contributed by atoms with Gasteiger partial charge < -0.3 is 5.32 Å². The van der Waals surface area contributed by atoms with Gasteiger partial charge in [-0.05, 0) is 53.1 Å². The summed E-state index contributed by atoms with van der Waals surface area (Å²) in [7, 11) is 0. The van der Waals surface area contributed by atoms with Crippen molar-refractivity contribution >= 4 is 22.7 Å². The Morgan fingerprint density at radius 2 is 1.87 bits per heavy atom. The van der Waals surface area contributed by atoms with Gasteiger partial charge in [-0.1, -0.05) is 25.1 Å². The molecule has 30 heavy (non-hydrogen) atoms. The van der Waals surface area contributed by atoms with Crippen LogP contribution in [-0.4, -0.2) is 21.4 Å². The van der Waals surface area contributed by atoms with Gasteiger partial charge in [0, 0.05) is 36.9 Å². The summed E-state index contributed by atoms with van der Waals surface area (Å²) in [6, 6.07) is 15.6. The topological polar surface area (TPSA) is 64.0 Å². The lowest BCUT2D eigenvalue weighted by molar-refractivity contribution is 0.0912. The molecule has 0 aliphatic carbocycles. The highest BCUT2D eigenvalue weighted by Crippen LogP contribution is 2.27. The molecule has 0 aliphatic rings. The van der Waals surface area contributed by atoms with Crippen molar-refractivity contribution in [1.82, 2.24) is 14.9 Å². The second kappa shape index (κ2) is 8.29. The molecule has 0 saturated carbocycles. The van der Waals surface area contributed by atoms with Gasteiger partial charge in [0.25, 0.3) is 5.91 Å². The lowest BCUT2D eigenvalue weighted by Crippen LogP contribution is -2.23. The Balaban J connectivity index is 1.55. The van der Waals surface area contributed by atoms with Crippen molar-refractivity contribution in [1.29, 1.82) is 0 Å². The Labute approximate surface area is 173 Å². The normalized spacial score (nSPS) is 10.9. The van der Waals surface area contributed by atoms with E-state index in [9.17, 15) is 14.0 Å². The Bertz CT molecular complexity index is 1230. The van der Waals surface area contributed by atoms with E-state index >= 15 is 0 Å². The molecular formula is C24H20FN3O2. The third-order valence-corrected chi connectivity index (χ3v) is 4.98. The minimum absolute atomic E-state index is 0.0107. The highest BCUT2D eigenvalue weighted by Gasteiger charge is 2.14. The van der Waals surface area contributed by atoms with Crippen molar-refractivity contribution in [3.8, 4) is 11.1 Å². The third-order valence-electron chi connectivity index (χ3n) is 4.98. The van der Waals surface area contributed by atoms with Crippen molar-refractivity contribution in [3.63, 3.8) is 0 Å². The summed E-state index contributed by atoms with van der Waals surface area (Å²) in [5.41, 5.74) is 3.11. The molecule has 5 nitrogen and oxygen atoms in total.